The molecule has 0 N–H and O–H groups in total. The van der Waals surface area contributed by atoms with Crippen molar-refractivity contribution in [3.63, 3.8) is 0 Å². The van der Waals surface area contributed by atoms with E-state index in [4.69, 9.17) is 9.47 Å². The van der Waals surface area contributed by atoms with Crippen LogP contribution in [0.3, 0.4) is 0 Å². The number of hydrogen-bond acceptors (Lipinski definition) is 4. The molecule has 2 aliphatic rings. The second-order valence-corrected chi connectivity index (χ2v) is 7.27. The summed E-state index contributed by atoms with van der Waals surface area (Å²) in [6.07, 6.45) is 1.30. The van der Waals surface area contributed by atoms with Crippen molar-refractivity contribution in [1.29, 1.82) is 0 Å². The third kappa shape index (κ3) is 3.11. The first-order valence-corrected chi connectivity index (χ1v) is 8.50. The molecular weight excluding hydrogens is 297 g/mol. The summed E-state index contributed by atoms with van der Waals surface area (Å²) in [7, 11) is -3.66. The fourth-order valence-electron chi connectivity index (χ4n) is 2.84. The topological polar surface area (TPSA) is 55.8 Å². The Morgan fingerprint density at radius 3 is 2.71 bits per heavy atom. The largest absolute Gasteiger partial charge is 0.350 e. The summed E-state index contributed by atoms with van der Waals surface area (Å²) in [6.45, 7) is 1.90. The van der Waals surface area contributed by atoms with Crippen LogP contribution in [0, 0.1) is 11.7 Å². The van der Waals surface area contributed by atoms with Crippen molar-refractivity contribution < 1.29 is 22.3 Å². The molecule has 0 bridgehead atoms. The van der Waals surface area contributed by atoms with Gasteiger partial charge in [0, 0.05) is 19.0 Å². The zero-order valence-corrected chi connectivity index (χ0v) is 12.4. The van der Waals surface area contributed by atoms with E-state index in [9.17, 15) is 12.8 Å². The SMILES string of the molecule is O=S(=O)(c1cccc(F)c1)N1CCCC(C2OCCO2)C1. The minimum Gasteiger partial charge on any atom is -0.350 e. The van der Waals surface area contributed by atoms with Gasteiger partial charge in [0.25, 0.3) is 0 Å². The predicted octanol–water partition coefficient (Wildman–Crippen LogP) is 1.60. The second kappa shape index (κ2) is 6.00. The Morgan fingerprint density at radius 2 is 2.00 bits per heavy atom. The van der Waals surface area contributed by atoms with Gasteiger partial charge in [-0.15, -0.1) is 0 Å². The minimum absolute atomic E-state index is 0.00333. The number of nitrogens with zero attached hydrogens (tertiary/aromatic N) is 1. The monoisotopic (exact) mass is 315 g/mol. The summed E-state index contributed by atoms with van der Waals surface area (Å²) in [6, 6.07) is 5.12. The molecule has 0 aromatic heterocycles. The molecule has 2 saturated heterocycles. The molecule has 0 amide bonds. The molecule has 116 valence electrons. The molecule has 5 nitrogen and oxygen atoms in total. The molecular formula is C14H18FNO4S. The van der Waals surface area contributed by atoms with Gasteiger partial charge in [-0.05, 0) is 31.0 Å². The van der Waals surface area contributed by atoms with E-state index in [0.29, 0.717) is 26.3 Å². The van der Waals surface area contributed by atoms with E-state index in [2.05, 4.69) is 0 Å². The van der Waals surface area contributed by atoms with E-state index < -0.39 is 15.8 Å². The molecule has 1 atom stereocenters. The van der Waals surface area contributed by atoms with E-state index in [1.165, 1.54) is 22.5 Å². The maximum atomic E-state index is 13.3. The zero-order valence-electron chi connectivity index (χ0n) is 11.6. The van der Waals surface area contributed by atoms with E-state index in [0.717, 1.165) is 18.9 Å². The number of rotatable bonds is 3. The zero-order chi connectivity index (χ0) is 14.9. The molecule has 1 aromatic carbocycles. The lowest BCUT2D eigenvalue weighted by Crippen LogP contribution is -2.43. The van der Waals surface area contributed by atoms with Crippen molar-refractivity contribution in [3.8, 4) is 0 Å². The first-order chi connectivity index (χ1) is 10.1. The molecule has 0 radical (unpaired) electrons. The number of piperidine rings is 1. The van der Waals surface area contributed by atoms with Crippen LogP contribution in [0.1, 0.15) is 12.8 Å². The summed E-state index contributed by atoms with van der Waals surface area (Å²) in [5.74, 6) is -0.517. The molecule has 1 unspecified atom stereocenters. The lowest BCUT2D eigenvalue weighted by atomic mass is 9.99. The van der Waals surface area contributed by atoms with Crippen molar-refractivity contribution in [2.45, 2.75) is 24.0 Å². The van der Waals surface area contributed by atoms with Crippen LogP contribution >= 0.6 is 0 Å². The standard InChI is InChI=1S/C14H18FNO4S/c15-12-4-1-5-13(9-12)21(17,18)16-6-2-3-11(10-16)14-19-7-8-20-14/h1,4-5,9,11,14H,2-3,6-8,10H2. The summed E-state index contributed by atoms with van der Waals surface area (Å²) < 4.78 is 50.8. The number of hydrogen-bond donors (Lipinski definition) is 0. The van der Waals surface area contributed by atoms with Gasteiger partial charge >= 0.3 is 0 Å². The van der Waals surface area contributed by atoms with E-state index in [1.807, 2.05) is 0 Å². The summed E-state index contributed by atoms with van der Waals surface area (Å²) in [5, 5.41) is 0. The van der Waals surface area contributed by atoms with Gasteiger partial charge in [0.15, 0.2) is 6.29 Å². The second-order valence-electron chi connectivity index (χ2n) is 5.33. The van der Waals surface area contributed by atoms with Crippen molar-refractivity contribution in [1.82, 2.24) is 4.31 Å². The first kappa shape index (κ1) is 14.9. The molecule has 0 saturated carbocycles. The average Bonchev–Trinajstić information content (AvgIpc) is 3.02. The molecule has 2 fully saturated rings. The lowest BCUT2D eigenvalue weighted by molar-refractivity contribution is -0.0940. The van der Waals surface area contributed by atoms with Gasteiger partial charge in [0.2, 0.25) is 10.0 Å². The van der Waals surface area contributed by atoms with E-state index in [-0.39, 0.29) is 17.1 Å². The van der Waals surface area contributed by atoms with E-state index >= 15 is 0 Å². The Morgan fingerprint density at radius 1 is 1.24 bits per heavy atom. The molecule has 7 heteroatoms. The Balaban J connectivity index is 1.78. The van der Waals surface area contributed by atoms with Crippen LogP contribution in [-0.4, -0.2) is 45.3 Å². The highest BCUT2D eigenvalue weighted by molar-refractivity contribution is 7.89. The van der Waals surface area contributed by atoms with Crippen LogP contribution in [0.4, 0.5) is 4.39 Å². The quantitative estimate of drug-likeness (QED) is 0.850. The first-order valence-electron chi connectivity index (χ1n) is 7.06. The molecule has 21 heavy (non-hydrogen) atoms. The van der Waals surface area contributed by atoms with Gasteiger partial charge in [-0.25, -0.2) is 12.8 Å². The Bertz CT molecular complexity index is 601. The van der Waals surface area contributed by atoms with Crippen molar-refractivity contribution >= 4 is 10.0 Å². The van der Waals surface area contributed by atoms with Crippen LogP contribution in [0.2, 0.25) is 0 Å². The number of halogens is 1. The molecule has 0 spiro atoms. The predicted molar refractivity (Wildman–Crippen MR) is 73.6 cm³/mol. The third-order valence-corrected chi connectivity index (χ3v) is 5.75. The Labute approximate surface area is 123 Å². The third-order valence-electron chi connectivity index (χ3n) is 3.89. The van der Waals surface area contributed by atoms with Crippen LogP contribution in [0.25, 0.3) is 0 Å². The number of benzene rings is 1. The minimum atomic E-state index is -3.66. The summed E-state index contributed by atoms with van der Waals surface area (Å²) >= 11 is 0. The van der Waals surface area contributed by atoms with Crippen LogP contribution in [0.5, 0.6) is 0 Å². The van der Waals surface area contributed by atoms with Gasteiger partial charge in [0.1, 0.15) is 5.82 Å². The number of ether oxygens (including phenoxy) is 2. The normalized spacial score (nSPS) is 25.3. The lowest BCUT2D eigenvalue weighted by Gasteiger charge is -2.33. The molecule has 0 aliphatic carbocycles. The highest BCUT2D eigenvalue weighted by Gasteiger charge is 2.36. The molecule has 1 aromatic rings. The maximum absolute atomic E-state index is 13.3. The highest BCUT2D eigenvalue weighted by atomic mass is 32.2. The fraction of sp³-hybridized carbons (Fsp3) is 0.571. The Kier molecular flexibility index (Phi) is 4.26. The smallest absolute Gasteiger partial charge is 0.243 e. The van der Waals surface area contributed by atoms with E-state index in [1.54, 1.807) is 0 Å². The molecule has 2 aliphatic heterocycles. The Hall–Kier alpha value is -1.02. The summed E-state index contributed by atoms with van der Waals surface area (Å²) in [4.78, 5) is -0.00333. The fourth-order valence-corrected chi connectivity index (χ4v) is 4.41. The van der Waals surface area contributed by atoms with Gasteiger partial charge in [-0.2, -0.15) is 4.31 Å². The van der Waals surface area contributed by atoms with Gasteiger partial charge in [0.05, 0.1) is 18.1 Å². The van der Waals surface area contributed by atoms with Gasteiger partial charge in [-0.3, -0.25) is 0 Å². The molecule has 3 rings (SSSR count). The van der Waals surface area contributed by atoms with Crippen molar-refractivity contribution in [2.75, 3.05) is 26.3 Å². The van der Waals surface area contributed by atoms with Gasteiger partial charge < -0.3 is 9.47 Å². The van der Waals surface area contributed by atoms with Crippen molar-refractivity contribution in [3.05, 3.63) is 30.1 Å². The van der Waals surface area contributed by atoms with Crippen molar-refractivity contribution in [2.24, 2.45) is 5.92 Å². The van der Waals surface area contributed by atoms with Crippen LogP contribution in [-0.2, 0) is 19.5 Å². The van der Waals surface area contributed by atoms with Gasteiger partial charge in [-0.1, -0.05) is 6.07 Å². The highest BCUT2D eigenvalue weighted by Crippen LogP contribution is 2.28. The summed E-state index contributed by atoms with van der Waals surface area (Å²) in [5.41, 5.74) is 0. The van der Waals surface area contributed by atoms with Crippen LogP contribution < -0.4 is 0 Å². The average molecular weight is 315 g/mol. The number of sulfonamides is 1. The van der Waals surface area contributed by atoms with Crippen LogP contribution in [0.15, 0.2) is 29.2 Å². The molecule has 2 heterocycles. The maximum Gasteiger partial charge on any atom is 0.243 e.